The Morgan fingerprint density at radius 3 is 1.69 bits per heavy atom. The van der Waals surface area contributed by atoms with E-state index < -0.39 is 0 Å². The zero-order chi connectivity index (χ0) is 28.1. The Labute approximate surface area is 257 Å². The van der Waals surface area contributed by atoms with Crippen LogP contribution in [-0.4, -0.2) is 48.6 Å². The molecule has 0 aromatic heterocycles. The van der Waals surface area contributed by atoms with Crippen LogP contribution in [0.2, 0.25) is 0 Å². The van der Waals surface area contributed by atoms with Crippen molar-refractivity contribution in [3.05, 3.63) is 0 Å². The van der Waals surface area contributed by atoms with Crippen LogP contribution < -0.4 is 5.32 Å². The summed E-state index contributed by atoms with van der Waals surface area (Å²) in [5.74, 6) is 0.735. The Hall–Kier alpha value is 0.0383. The third kappa shape index (κ3) is 26.7. The molecule has 1 aliphatic heterocycles. The van der Waals surface area contributed by atoms with Crippen molar-refractivity contribution >= 4 is 5.97 Å². The van der Waals surface area contributed by atoms with E-state index in [-0.39, 0.29) is 39.1 Å². The number of carbonyl (C=O) groups excluding carboxylic acids is 1. The number of hydrogen-bond donors (Lipinski definition) is 3. The Balaban J connectivity index is 0. The Morgan fingerprint density at radius 2 is 1.21 bits per heavy atom. The topological polar surface area (TPSA) is 78.8 Å². The minimum absolute atomic E-state index is 0. The van der Waals surface area contributed by atoms with Gasteiger partial charge >= 0.3 is 5.97 Å². The van der Waals surface area contributed by atoms with Gasteiger partial charge in [-0.3, -0.25) is 4.79 Å². The van der Waals surface area contributed by atoms with Crippen LogP contribution in [0.5, 0.6) is 0 Å². The zero-order valence-electron chi connectivity index (χ0n) is 26.2. The summed E-state index contributed by atoms with van der Waals surface area (Å²) in [4.78, 5) is 12.5. The first kappa shape index (κ1) is 41.2. The van der Waals surface area contributed by atoms with Gasteiger partial charge in [0.1, 0.15) is 6.10 Å². The van der Waals surface area contributed by atoms with Gasteiger partial charge in [-0.25, -0.2) is 0 Å². The van der Waals surface area contributed by atoms with Crippen LogP contribution in [0.25, 0.3) is 0 Å². The van der Waals surface area contributed by atoms with Gasteiger partial charge in [0, 0.05) is 34.3 Å². The van der Waals surface area contributed by atoms with Gasteiger partial charge in [-0.2, -0.15) is 0 Å². The zero-order valence-corrected chi connectivity index (χ0v) is 29.2. The van der Waals surface area contributed by atoms with E-state index in [1.165, 1.54) is 96.3 Å². The van der Waals surface area contributed by atoms with Crippen molar-refractivity contribution in [3.8, 4) is 0 Å². The number of rotatable bonds is 24. The molecule has 0 aliphatic carbocycles. The van der Waals surface area contributed by atoms with Crippen molar-refractivity contribution in [1.82, 2.24) is 5.32 Å². The van der Waals surface area contributed by atoms with Gasteiger partial charge in [-0.15, -0.1) is 0 Å². The molecular formula is C33H67NO4W. The molecule has 2 atom stereocenters. The molecule has 0 aromatic rings. The quantitative estimate of drug-likeness (QED) is 0.0689. The minimum Gasteiger partial charge on any atom is -0.462 e. The van der Waals surface area contributed by atoms with Crippen molar-refractivity contribution in [3.63, 3.8) is 0 Å². The number of hydrogen-bond acceptors (Lipinski definition) is 5. The first-order valence-corrected chi connectivity index (χ1v) is 16.8. The molecule has 0 radical (unpaired) electrons. The Kier molecular flexibility index (Phi) is 34.4. The fraction of sp³-hybridized carbons (Fsp3) is 0.970. The second-order valence-corrected chi connectivity index (χ2v) is 11.6. The summed E-state index contributed by atoms with van der Waals surface area (Å²) < 4.78 is 5.98. The van der Waals surface area contributed by atoms with Gasteiger partial charge in [0.25, 0.3) is 0 Å². The van der Waals surface area contributed by atoms with Crippen molar-refractivity contribution in [2.75, 3.05) is 26.3 Å². The van der Waals surface area contributed by atoms with Crippen LogP contribution in [0.4, 0.5) is 0 Å². The smallest absolute Gasteiger partial charge is 0.309 e. The van der Waals surface area contributed by atoms with Gasteiger partial charge in [0.2, 0.25) is 0 Å². The number of esters is 1. The molecule has 5 nitrogen and oxygen atoms in total. The second kappa shape index (κ2) is 32.6. The van der Waals surface area contributed by atoms with Gasteiger partial charge in [-0.05, 0) is 76.8 Å². The maximum Gasteiger partial charge on any atom is 0.309 e. The number of unbranched alkanes of at least 4 members (excludes halogenated alkanes) is 12. The fourth-order valence-electron chi connectivity index (χ4n) is 5.33. The molecule has 0 saturated carbocycles. The van der Waals surface area contributed by atoms with E-state index in [9.17, 15) is 4.79 Å². The molecule has 0 bridgehead atoms. The number of ether oxygens (including phenoxy) is 1. The third-order valence-electron chi connectivity index (χ3n) is 7.94. The van der Waals surface area contributed by atoms with Crippen LogP contribution in [0.1, 0.15) is 162 Å². The molecule has 0 amide bonds. The van der Waals surface area contributed by atoms with Crippen LogP contribution in [0.15, 0.2) is 0 Å². The van der Waals surface area contributed by atoms with Crippen LogP contribution >= 0.6 is 0 Å². The standard InChI is InChI=1S/C24H47NO3.C9H20O.W/c1-2-3-4-5-6-9-12-15-23(16-13-10-7-8-11-14-21-26)28-24(27)22-17-19-25-20-18-22;1-3-5-7-9(8-10)6-4-2;/h22-23,25-26H,2-21H2,1H3;9-10H,3-8H2,1-2H3;. The molecule has 234 valence electrons. The molecule has 39 heavy (non-hydrogen) atoms. The van der Waals surface area contributed by atoms with Crippen molar-refractivity contribution in [2.24, 2.45) is 11.8 Å². The molecule has 1 heterocycles. The van der Waals surface area contributed by atoms with E-state index in [1.807, 2.05) is 0 Å². The van der Waals surface area contributed by atoms with E-state index in [0.717, 1.165) is 58.0 Å². The minimum atomic E-state index is 0. The molecule has 1 saturated heterocycles. The Bertz CT molecular complexity index is 470. The Morgan fingerprint density at radius 1 is 0.692 bits per heavy atom. The predicted molar refractivity (Wildman–Crippen MR) is 162 cm³/mol. The van der Waals surface area contributed by atoms with Gasteiger partial charge in [0.15, 0.2) is 0 Å². The SMILES string of the molecule is CCCCC(CO)CCC.CCCCCCCCCC(CCCCCCCCO)OC(=O)C1CCNCC1.[W]. The van der Waals surface area contributed by atoms with Crippen LogP contribution in [0, 0.1) is 11.8 Å². The normalized spacial score (nSPS) is 15.1. The largest absolute Gasteiger partial charge is 0.462 e. The van der Waals surface area contributed by atoms with E-state index in [1.54, 1.807) is 0 Å². The average molecular weight is 726 g/mol. The number of piperidine rings is 1. The maximum atomic E-state index is 12.5. The van der Waals surface area contributed by atoms with Crippen molar-refractivity contribution in [2.45, 2.75) is 168 Å². The van der Waals surface area contributed by atoms with Crippen molar-refractivity contribution < 1.29 is 40.8 Å². The van der Waals surface area contributed by atoms with Crippen LogP contribution in [-0.2, 0) is 30.6 Å². The first-order chi connectivity index (χ1) is 18.6. The van der Waals surface area contributed by atoms with Crippen molar-refractivity contribution in [1.29, 1.82) is 0 Å². The molecule has 0 spiro atoms. The number of nitrogens with one attached hydrogen (secondary N) is 1. The maximum absolute atomic E-state index is 12.5. The molecule has 2 unspecified atom stereocenters. The summed E-state index contributed by atoms with van der Waals surface area (Å²) >= 11 is 0. The number of carbonyl (C=O) groups is 1. The van der Waals surface area contributed by atoms with E-state index in [2.05, 4.69) is 26.1 Å². The fourth-order valence-corrected chi connectivity index (χ4v) is 5.33. The molecular weight excluding hydrogens is 658 g/mol. The summed E-state index contributed by atoms with van der Waals surface area (Å²) in [5, 5.41) is 21.1. The molecule has 1 fully saturated rings. The molecule has 1 rings (SSSR count). The van der Waals surface area contributed by atoms with E-state index in [0.29, 0.717) is 19.1 Å². The van der Waals surface area contributed by atoms with Gasteiger partial charge in [-0.1, -0.05) is 104 Å². The van der Waals surface area contributed by atoms with Crippen LogP contribution in [0.3, 0.4) is 0 Å². The van der Waals surface area contributed by atoms with E-state index in [4.69, 9.17) is 14.9 Å². The van der Waals surface area contributed by atoms with E-state index >= 15 is 0 Å². The summed E-state index contributed by atoms with van der Waals surface area (Å²) in [6, 6.07) is 0. The van der Waals surface area contributed by atoms with Gasteiger partial charge in [0.05, 0.1) is 5.92 Å². The summed E-state index contributed by atoms with van der Waals surface area (Å²) in [6.45, 7) is 9.20. The molecule has 6 heteroatoms. The monoisotopic (exact) mass is 725 g/mol. The number of aliphatic hydroxyl groups excluding tert-OH is 2. The average Bonchev–Trinajstić information content (AvgIpc) is 2.94. The summed E-state index contributed by atoms with van der Waals surface area (Å²) in [5.41, 5.74) is 0. The van der Waals surface area contributed by atoms with Gasteiger partial charge < -0.3 is 20.3 Å². The molecule has 0 aromatic carbocycles. The molecule has 3 N–H and O–H groups in total. The first-order valence-electron chi connectivity index (χ1n) is 16.8. The predicted octanol–water partition coefficient (Wildman–Crippen LogP) is 8.34. The third-order valence-corrected chi connectivity index (χ3v) is 7.94. The molecule has 1 aliphatic rings. The summed E-state index contributed by atoms with van der Waals surface area (Å²) in [6.07, 6.45) is 26.1. The second-order valence-electron chi connectivity index (χ2n) is 11.6. The number of aliphatic hydroxyl groups is 2. The summed E-state index contributed by atoms with van der Waals surface area (Å²) in [7, 11) is 0.